The van der Waals surface area contributed by atoms with Gasteiger partial charge in [-0.3, -0.25) is 9.48 Å². The van der Waals surface area contributed by atoms with E-state index in [1.165, 1.54) is 13.0 Å². The maximum Gasteiger partial charge on any atom is 0.352 e. The molecule has 0 amide bonds. The molecule has 2 aromatic heterocycles. The van der Waals surface area contributed by atoms with Gasteiger partial charge in [0, 0.05) is 37.2 Å². The summed E-state index contributed by atoms with van der Waals surface area (Å²) in [5.41, 5.74) is 0.571. The number of carboxylic acid groups (broad SMARTS) is 1. The van der Waals surface area contributed by atoms with Crippen LogP contribution < -0.4 is 0 Å². The van der Waals surface area contributed by atoms with E-state index in [0.29, 0.717) is 18.7 Å². The summed E-state index contributed by atoms with van der Waals surface area (Å²) in [6.45, 7) is 2.67. The van der Waals surface area contributed by atoms with Crippen molar-refractivity contribution in [2.24, 2.45) is 0 Å². The van der Waals surface area contributed by atoms with E-state index >= 15 is 0 Å². The Hall–Kier alpha value is -2.37. The van der Waals surface area contributed by atoms with Gasteiger partial charge in [0.25, 0.3) is 0 Å². The zero-order valence-corrected chi connectivity index (χ0v) is 10.6. The second-order valence-electron chi connectivity index (χ2n) is 4.29. The van der Waals surface area contributed by atoms with Gasteiger partial charge in [-0.15, -0.1) is 0 Å². The highest BCUT2D eigenvalue weighted by Crippen LogP contribution is 2.11. The Balaban J connectivity index is 2.06. The van der Waals surface area contributed by atoms with Gasteiger partial charge in [0.1, 0.15) is 5.69 Å². The fourth-order valence-corrected chi connectivity index (χ4v) is 1.90. The highest BCUT2D eigenvalue weighted by atomic mass is 16.4. The molecule has 0 unspecified atom stereocenters. The molecule has 0 saturated carbocycles. The average Bonchev–Trinajstić information content (AvgIpc) is 2.97. The largest absolute Gasteiger partial charge is 0.477 e. The molecule has 0 bridgehead atoms. The smallest absolute Gasteiger partial charge is 0.352 e. The third-order valence-electron chi connectivity index (χ3n) is 2.87. The number of aromatic nitrogens is 3. The van der Waals surface area contributed by atoms with E-state index in [2.05, 4.69) is 5.10 Å². The fraction of sp³-hybridized carbons (Fsp3) is 0.308. The first-order valence-electron chi connectivity index (χ1n) is 6.00. The van der Waals surface area contributed by atoms with Gasteiger partial charge >= 0.3 is 5.97 Å². The summed E-state index contributed by atoms with van der Waals surface area (Å²) in [4.78, 5) is 22.4. The molecule has 0 aliphatic rings. The van der Waals surface area contributed by atoms with Crippen LogP contribution in [0.3, 0.4) is 0 Å². The highest BCUT2D eigenvalue weighted by Gasteiger charge is 2.14. The van der Waals surface area contributed by atoms with Crippen molar-refractivity contribution >= 4 is 11.8 Å². The molecule has 2 rings (SSSR count). The van der Waals surface area contributed by atoms with E-state index in [0.717, 1.165) is 6.42 Å². The molecule has 1 N–H and O–H groups in total. The SMILES string of the molecule is CC(=O)c1cc(C(=O)O)n(CCCn2cccn2)c1. The van der Waals surface area contributed by atoms with Crippen LogP contribution in [0.1, 0.15) is 34.2 Å². The van der Waals surface area contributed by atoms with E-state index in [4.69, 9.17) is 5.11 Å². The molecule has 2 aromatic rings. The van der Waals surface area contributed by atoms with E-state index in [-0.39, 0.29) is 11.5 Å². The molecule has 0 aliphatic carbocycles. The predicted molar refractivity (Wildman–Crippen MR) is 68.2 cm³/mol. The summed E-state index contributed by atoms with van der Waals surface area (Å²) in [7, 11) is 0. The maximum absolute atomic E-state index is 11.3. The van der Waals surface area contributed by atoms with Crippen molar-refractivity contribution in [2.75, 3.05) is 0 Å². The molecule has 2 heterocycles. The fourth-order valence-electron chi connectivity index (χ4n) is 1.90. The first kappa shape index (κ1) is 13.1. The van der Waals surface area contributed by atoms with E-state index in [9.17, 15) is 9.59 Å². The van der Waals surface area contributed by atoms with Crippen molar-refractivity contribution in [3.63, 3.8) is 0 Å². The van der Waals surface area contributed by atoms with Crippen molar-refractivity contribution in [1.82, 2.24) is 14.3 Å². The number of nitrogens with zero attached hydrogens (tertiary/aromatic N) is 3. The molecule has 0 aromatic carbocycles. The lowest BCUT2D eigenvalue weighted by atomic mass is 10.2. The Bertz CT molecular complexity index is 584. The number of Topliss-reactive ketones (excluding diaryl/α,β-unsaturated/α-hetero) is 1. The van der Waals surface area contributed by atoms with Gasteiger partial charge < -0.3 is 9.67 Å². The van der Waals surface area contributed by atoms with Crippen LogP contribution in [0, 0.1) is 0 Å². The third-order valence-corrected chi connectivity index (χ3v) is 2.87. The van der Waals surface area contributed by atoms with Crippen LogP contribution in [0.2, 0.25) is 0 Å². The molecule has 6 nitrogen and oxygen atoms in total. The quantitative estimate of drug-likeness (QED) is 0.802. The number of hydrogen-bond donors (Lipinski definition) is 1. The number of hydrogen-bond acceptors (Lipinski definition) is 3. The molecule has 6 heteroatoms. The number of rotatable bonds is 6. The lowest BCUT2D eigenvalue weighted by Gasteiger charge is -2.06. The molecule has 0 fully saturated rings. The monoisotopic (exact) mass is 261 g/mol. The Morgan fingerprint density at radius 1 is 1.37 bits per heavy atom. The normalized spacial score (nSPS) is 10.6. The zero-order valence-electron chi connectivity index (χ0n) is 10.6. The van der Waals surface area contributed by atoms with E-state index in [1.807, 2.05) is 12.3 Å². The summed E-state index contributed by atoms with van der Waals surface area (Å²) in [6.07, 6.45) is 5.89. The van der Waals surface area contributed by atoms with Crippen LogP contribution in [0.5, 0.6) is 0 Å². The van der Waals surface area contributed by atoms with Crippen molar-refractivity contribution in [1.29, 1.82) is 0 Å². The summed E-state index contributed by atoms with van der Waals surface area (Å²) in [5, 5.41) is 13.2. The number of aromatic carboxylic acids is 1. The van der Waals surface area contributed by atoms with Crippen LogP contribution in [-0.2, 0) is 13.1 Å². The Morgan fingerprint density at radius 3 is 2.74 bits per heavy atom. The molecule has 0 aliphatic heterocycles. The Kier molecular flexibility index (Phi) is 3.79. The van der Waals surface area contributed by atoms with Crippen molar-refractivity contribution in [2.45, 2.75) is 26.4 Å². The Morgan fingerprint density at radius 2 is 2.16 bits per heavy atom. The lowest BCUT2D eigenvalue weighted by Crippen LogP contribution is -2.09. The van der Waals surface area contributed by atoms with Crippen LogP contribution in [0.15, 0.2) is 30.7 Å². The van der Waals surface area contributed by atoms with Gasteiger partial charge in [0.05, 0.1) is 0 Å². The van der Waals surface area contributed by atoms with Gasteiger partial charge in [0.2, 0.25) is 0 Å². The molecule has 19 heavy (non-hydrogen) atoms. The number of carbonyl (C=O) groups is 2. The predicted octanol–water partition coefficient (Wildman–Crippen LogP) is 1.68. The number of carbonyl (C=O) groups excluding carboxylic acids is 1. The standard InChI is InChI=1S/C13H15N3O3/c1-10(17)11-8-12(13(18)19)15(9-11)5-3-7-16-6-2-4-14-16/h2,4,6,8-9H,3,5,7H2,1H3,(H,18,19). The zero-order chi connectivity index (χ0) is 13.8. The molecule has 100 valence electrons. The maximum atomic E-state index is 11.3. The van der Waals surface area contributed by atoms with Crippen molar-refractivity contribution < 1.29 is 14.7 Å². The van der Waals surface area contributed by atoms with Gasteiger partial charge in [-0.25, -0.2) is 4.79 Å². The molecular formula is C13H15N3O3. The minimum Gasteiger partial charge on any atom is -0.477 e. The summed E-state index contributed by atoms with van der Waals surface area (Å²) < 4.78 is 3.39. The summed E-state index contributed by atoms with van der Waals surface area (Å²) >= 11 is 0. The van der Waals surface area contributed by atoms with Gasteiger partial charge in [-0.2, -0.15) is 5.10 Å². The van der Waals surface area contributed by atoms with E-state index in [1.54, 1.807) is 21.6 Å². The minimum absolute atomic E-state index is 0.131. The van der Waals surface area contributed by atoms with Gasteiger partial charge in [0.15, 0.2) is 5.78 Å². The second kappa shape index (κ2) is 5.51. The summed E-state index contributed by atoms with van der Waals surface area (Å²) in [5.74, 6) is -1.15. The first-order chi connectivity index (χ1) is 9.08. The van der Waals surface area contributed by atoms with Crippen molar-refractivity contribution in [3.8, 4) is 0 Å². The van der Waals surface area contributed by atoms with Gasteiger partial charge in [-0.05, 0) is 25.5 Å². The third kappa shape index (κ3) is 3.09. The molecule has 0 atom stereocenters. The number of ketones is 1. The molecular weight excluding hydrogens is 246 g/mol. The first-order valence-corrected chi connectivity index (χ1v) is 6.00. The molecule has 0 saturated heterocycles. The van der Waals surface area contributed by atoms with Crippen molar-refractivity contribution in [3.05, 3.63) is 42.0 Å². The van der Waals surface area contributed by atoms with Crippen LogP contribution >= 0.6 is 0 Å². The van der Waals surface area contributed by atoms with Gasteiger partial charge in [-0.1, -0.05) is 0 Å². The van der Waals surface area contributed by atoms with E-state index < -0.39 is 5.97 Å². The van der Waals surface area contributed by atoms with Crippen LogP contribution in [0.4, 0.5) is 0 Å². The number of aryl methyl sites for hydroxylation is 2. The molecule has 0 spiro atoms. The lowest BCUT2D eigenvalue weighted by molar-refractivity contribution is 0.0684. The summed E-state index contributed by atoms with van der Waals surface area (Å²) in [6, 6.07) is 3.25. The topological polar surface area (TPSA) is 77.1 Å². The van der Waals surface area contributed by atoms with Crippen LogP contribution in [0.25, 0.3) is 0 Å². The number of carboxylic acids is 1. The minimum atomic E-state index is -1.02. The van der Waals surface area contributed by atoms with Crippen LogP contribution in [-0.4, -0.2) is 31.2 Å². The highest BCUT2D eigenvalue weighted by molar-refractivity contribution is 5.97. The second-order valence-corrected chi connectivity index (χ2v) is 4.29. The Labute approximate surface area is 110 Å². The average molecular weight is 261 g/mol. The molecule has 0 radical (unpaired) electrons.